The first-order valence-electron chi connectivity index (χ1n) is 9.07. The fourth-order valence-corrected chi connectivity index (χ4v) is 3.65. The van der Waals surface area contributed by atoms with E-state index in [1.54, 1.807) is 11.8 Å². The van der Waals surface area contributed by atoms with Crippen molar-refractivity contribution in [2.24, 2.45) is 0 Å². The Morgan fingerprint density at radius 2 is 1.89 bits per heavy atom. The smallest absolute Gasteiger partial charge is 0.173 e. The maximum absolute atomic E-state index is 13.5. The number of halogens is 1. The molecule has 1 aromatic heterocycles. The van der Waals surface area contributed by atoms with E-state index < -0.39 is 0 Å². The van der Waals surface area contributed by atoms with Gasteiger partial charge in [0.1, 0.15) is 5.82 Å². The van der Waals surface area contributed by atoms with Crippen LogP contribution < -0.4 is 0 Å². The van der Waals surface area contributed by atoms with Gasteiger partial charge in [0.05, 0.1) is 19.2 Å². The molecule has 2 aromatic carbocycles. The van der Waals surface area contributed by atoms with Crippen molar-refractivity contribution in [3.8, 4) is 0 Å². The average molecular weight is 367 g/mol. The minimum absolute atomic E-state index is 0.147. The molecule has 1 aliphatic heterocycles. The molecule has 2 heterocycles. The molecular weight excluding hydrogens is 345 g/mol. The van der Waals surface area contributed by atoms with Gasteiger partial charge in [-0.3, -0.25) is 4.90 Å². The van der Waals surface area contributed by atoms with Crippen molar-refractivity contribution in [1.29, 1.82) is 0 Å². The number of hydrogen-bond acceptors (Lipinski definition) is 5. The summed E-state index contributed by atoms with van der Waals surface area (Å²) in [4.78, 5) is 2.35. The summed E-state index contributed by atoms with van der Waals surface area (Å²) < 4.78 is 20.5. The standard InChI is InChI=1S/C20H22FN5O/c1-27-13-12-26-20(22-23-24-26)19(16-6-8-18(21)9-7-16)25-11-10-15-4-2-3-5-17(15)14-25/h2-9,19H,10-14H2,1H3. The lowest BCUT2D eigenvalue weighted by Crippen LogP contribution is -2.36. The van der Waals surface area contributed by atoms with Gasteiger partial charge < -0.3 is 4.74 Å². The van der Waals surface area contributed by atoms with E-state index in [-0.39, 0.29) is 11.9 Å². The number of ether oxygens (including phenoxy) is 1. The maximum atomic E-state index is 13.5. The number of hydrogen-bond donors (Lipinski definition) is 0. The Kier molecular flexibility index (Phi) is 5.22. The van der Waals surface area contributed by atoms with E-state index in [0.717, 1.165) is 30.9 Å². The minimum atomic E-state index is -0.250. The highest BCUT2D eigenvalue weighted by Crippen LogP contribution is 2.32. The number of benzene rings is 2. The average Bonchev–Trinajstić information content (AvgIpc) is 3.16. The van der Waals surface area contributed by atoms with Crippen LogP contribution in [0, 0.1) is 5.82 Å². The van der Waals surface area contributed by atoms with Crippen LogP contribution in [0.2, 0.25) is 0 Å². The van der Waals surface area contributed by atoms with Gasteiger partial charge in [-0.25, -0.2) is 9.07 Å². The van der Waals surface area contributed by atoms with Gasteiger partial charge in [0, 0.05) is 20.2 Å². The van der Waals surface area contributed by atoms with E-state index in [2.05, 4.69) is 44.7 Å². The van der Waals surface area contributed by atoms with Gasteiger partial charge in [0.15, 0.2) is 5.82 Å². The van der Waals surface area contributed by atoms with E-state index in [0.29, 0.717) is 13.2 Å². The molecular formula is C20H22FN5O. The fraction of sp³-hybridized carbons (Fsp3) is 0.350. The quantitative estimate of drug-likeness (QED) is 0.670. The number of tetrazole rings is 1. The summed E-state index contributed by atoms with van der Waals surface area (Å²) in [7, 11) is 1.66. The SMILES string of the molecule is COCCn1nnnc1C(c1ccc(F)cc1)N1CCc2ccccc2C1. The van der Waals surface area contributed by atoms with E-state index in [1.165, 1.54) is 23.3 Å². The van der Waals surface area contributed by atoms with Crippen molar-refractivity contribution >= 4 is 0 Å². The molecule has 0 saturated carbocycles. The lowest BCUT2D eigenvalue weighted by molar-refractivity contribution is 0.170. The zero-order valence-corrected chi connectivity index (χ0v) is 15.3. The molecule has 3 aromatic rings. The predicted octanol–water partition coefficient (Wildman–Crippen LogP) is 2.61. The van der Waals surface area contributed by atoms with E-state index >= 15 is 0 Å². The van der Waals surface area contributed by atoms with Crippen molar-refractivity contribution in [3.63, 3.8) is 0 Å². The summed E-state index contributed by atoms with van der Waals surface area (Å²) in [6.07, 6.45) is 0.966. The zero-order chi connectivity index (χ0) is 18.6. The Morgan fingerprint density at radius 3 is 2.67 bits per heavy atom. The van der Waals surface area contributed by atoms with Crippen LogP contribution in [0.4, 0.5) is 4.39 Å². The molecule has 0 radical (unpaired) electrons. The van der Waals surface area contributed by atoms with E-state index in [4.69, 9.17) is 4.74 Å². The van der Waals surface area contributed by atoms with Gasteiger partial charge in [0.2, 0.25) is 0 Å². The molecule has 1 atom stereocenters. The first-order chi connectivity index (χ1) is 13.3. The number of rotatable bonds is 6. The first kappa shape index (κ1) is 17.8. The van der Waals surface area contributed by atoms with Crippen LogP contribution >= 0.6 is 0 Å². The Bertz CT molecular complexity index is 895. The van der Waals surface area contributed by atoms with E-state index in [1.807, 2.05) is 12.1 Å². The Morgan fingerprint density at radius 1 is 1.11 bits per heavy atom. The van der Waals surface area contributed by atoms with Crippen LogP contribution in [0.5, 0.6) is 0 Å². The van der Waals surface area contributed by atoms with Gasteiger partial charge in [-0.2, -0.15) is 0 Å². The fourth-order valence-electron chi connectivity index (χ4n) is 3.65. The van der Waals surface area contributed by atoms with Crippen molar-refractivity contribution in [2.45, 2.75) is 25.6 Å². The molecule has 0 fully saturated rings. The molecule has 140 valence electrons. The van der Waals surface area contributed by atoms with Gasteiger partial charge in [-0.1, -0.05) is 36.4 Å². The number of methoxy groups -OCH3 is 1. The van der Waals surface area contributed by atoms with Crippen molar-refractivity contribution in [1.82, 2.24) is 25.1 Å². The van der Waals surface area contributed by atoms with Gasteiger partial charge >= 0.3 is 0 Å². The molecule has 0 N–H and O–H groups in total. The Hall–Kier alpha value is -2.64. The van der Waals surface area contributed by atoms with Gasteiger partial charge in [-0.05, 0) is 45.7 Å². The third kappa shape index (κ3) is 3.74. The molecule has 7 heteroatoms. The summed E-state index contributed by atoms with van der Waals surface area (Å²) >= 11 is 0. The second-order valence-electron chi connectivity index (χ2n) is 6.70. The lowest BCUT2D eigenvalue weighted by Gasteiger charge is -2.35. The molecule has 6 nitrogen and oxygen atoms in total. The predicted molar refractivity (Wildman–Crippen MR) is 98.5 cm³/mol. The summed E-state index contributed by atoms with van der Waals surface area (Å²) in [6, 6.07) is 15.0. The molecule has 0 saturated heterocycles. The third-order valence-corrected chi connectivity index (χ3v) is 5.02. The second-order valence-corrected chi connectivity index (χ2v) is 6.70. The molecule has 1 aliphatic rings. The summed E-state index contributed by atoms with van der Waals surface area (Å²) in [6.45, 7) is 2.78. The van der Waals surface area contributed by atoms with Crippen LogP contribution in [0.15, 0.2) is 48.5 Å². The number of fused-ring (bicyclic) bond motifs is 1. The number of aromatic nitrogens is 4. The molecule has 4 rings (SSSR count). The topological polar surface area (TPSA) is 56.1 Å². The van der Waals surface area contributed by atoms with Gasteiger partial charge in [0.25, 0.3) is 0 Å². The number of nitrogens with zero attached hydrogens (tertiary/aromatic N) is 5. The highest BCUT2D eigenvalue weighted by Gasteiger charge is 2.30. The van der Waals surface area contributed by atoms with Crippen LogP contribution in [-0.2, 0) is 24.2 Å². The zero-order valence-electron chi connectivity index (χ0n) is 15.3. The van der Waals surface area contributed by atoms with Crippen molar-refractivity contribution in [3.05, 3.63) is 76.9 Å². The third-order valence-electron chi connectivity index (χ3n) is 5.02. The second kappa shape index (κ2) is 7.94. The van der Waals surface area contributed by atoms with Crippen molar-refractivity contribution < 1.29 is 9.13 Å². The molecule has 1 unspecified atom stereocenters. The highest BCUT2D eigenvalue weighted by molar-refractivity contribution is 5.31. The molecule has 0 spiro atoms. The maximum Gasteiger partial charge on any atom is 0.173 e. The largest absolute Gasteiger partial charge is 0.383 e. The van der Waals surface area contributed by atoms with Crippen molar-refractivity contribution in [2.75, 3.05) is 20.3 Å². The lowest BCUT2D eigenvalue weighted by atomic mass is 9.96. The van der Waals surface area contributed by atoms with Gasteiger partial charge in [-0.15, -0.1) is 5.10 Å². The molecule has 27 heavy (non-hydrogen) atoms. The molecule has 0 aliphatic carbocycles. The Labute approximate surface area is 157 Å². The monoisotopic (exact) mass is 367 g/mol. The van der Waals surface area contributed by atoms with Crippen LogP contribution in [0.25, 0.3) is 0 Å². The highest BCUT2D eigenvalue weighted by atomic mass is 19.1. The van der Waals surface area contributed by atoms with Crippen LogP contribution in [0.1, 0.15) is 28.6 Å². The van der Waals surface area contributed by atoms with Crippen LogP contribution in [0.3, 0.4) is 0 Å². The summed E-state index contributed by atoms with van der Waals surface area (Å²) in [5.41, 5.74) is 3.67. The van der Waals surface area contributed by atoms with E-state index in [9.17, 15) is 4.39 Å². The first-order valence-corrected chi connectivity index (χ1v) is 9.07. The normalized spacial score (nSPS) is 15.5. The Balaban J connectivity index is 1.71. The minimum Gasteiger partial charge on any atom is -0.383 e. The molecule has 0 bridgehead atoms. The molecule has 0 amide bonds. The summed E-state index contributed by atoms with van der Waals surface area (Å²) in [5, 5.41) is 12.3. The summed E-state index contributed by atoms with van der Waals surface area (Å²) in [5.74, 6) is 0.499. The van der Waals surface area contributed by atoms with Crippen LogP contribution in [-0.4, -0.2) is 45.4 Å².